The largest absolute Gasteiger partial charge is 0.481 e. The van der Waals surface area contributed by atoms with E-state index in [2.05, 4.69) is 0 Å². The van der Waals surface area contributed by atoms with E-state index in [-0.39, 0.29) is 6.04 Å². The van der Waals surface area contributed by atoms with Crippen LogP contribution in [0.1, 0.15) is 32.3 Å². The lowest BCUT2D eigenvalue weighted by atomic mass is 10.1. The van der Waals surface area contributed by atoms with E-state index < -0.39 is 17.8 Å². The van der Waals surface area contributed by atoms with Gasteiger partial charge < -0.3 is 14.4 Å². The molecule has 18 heavy (non-hydrogen) atoms. The molecule has 0 aliphatic heterocycles. The lowest BCUT2D eigenvalue weighted by Crippen LogP contribution is -2.41. The summed E-state index contributed by atoms with van der Waals surface area (Å²) in [6, 6.07) is 3.53. The van der Waals surface area contributed by atoms with Crippen LogP contribution in [-0.4, -0.2) is 27.9 Å². The highest BCUT2D eigenvalue weighted by atomic mass is 16.4. The zero-order chi connectivity index (χ0) is 13.9. The number of aliphatic carboxylic acids is 1. The average Bonchev–Trinajstić information content (AvgIpc) is 2.69. The molecule has 1 rings (SSSR count). The van der Waals surface area contributed by atoms with Gasteiger partial charge in [0.2, 0.25) is 5.91 Å². The minimum absolute atomic E-state index is 0.0790. The van der Waals surface area contributed by atoms with Crippen molar-refractivity contribution >= 4 is 11.9 Å². The summed E-state index contributed by atoms with van der Waals surface area (Å²) in [5.41, 5.74) is 0. The van der Waals surface area contributed by atoms with Crippen LogP contribution in [-0.2, 0) is 16.1 Å². The van der Waals surface area contributed by atoms with Crippen LogP contribution >= 0.6 is 0 Å². The van der Waals surface area contributed by atoms with Crippen molar-refractivity contribution in [1.82, 2.24) is 4.90 Å². The number of carbonyl (C=O) groups is 2. The minimum atomic E-state index is -1.11. The number of carbonyl (C=O) groups excluding carboxylic acids is 1. The van der Waals surface area contributed by atoms with Gasteiger partial charge in [-0.1, -0.05) is 0 Å². The van der Waals surface area contributed by atoms with Crippen LogP contribution in [0.4, 0.5) is 0 Å². The molecular weight excluding hydrogens is 234 g/mol. The van der Waals surface area contributed by atoms with Crippen LogP contribution in [0.15, 0.2) is 16.5 Å². The van der Waals surface area contributed by atoms with Crippen LogP contribution in [0, 0.1) is 12.8 Å². The molecule has 1 atom stereocenters. The van der Waals surface area contributed by atoms with Crippen molar-refractivity contribution < 1.29 is 19.1 Å². The fraction of sp³-hybridized carbons (Fsp3) is 0.538. The monoisotopic (exact) mass is 253 g/mol. The van der Waals surface area contributed by atoms with E-state index in [1.165, 1.54) is 11.8 Å². The van der Waals surface area contributed by atoms with Crippen molar-refractivity contribution in [2.45, 2.75) is 40.3 Å². The number of hydrogen-bond donors (Lipinski definition) is 1. The van der Waals surface area contributed by atoms with Crippen molar-refractivity contribution in [3.63, 3.8) is 0 Å². The van der Waals surface area contributed by atoms with Crippen LogP contribution in [0.2, 0.25) is 0 Å². The first-order valence-electron chi connectivity index (χ1n) is 5.91. The molecule has 1 amide bonds. The molecule has 1 aromatic heterocycles. The van der Waals surface area contributed by atoms with E-state index in [9.17, 15) is 9.59 Å². The van der Waals surface area contributed by atoms with Crippen LogP contribution in [0.5, 0.6) is 0 Å². The topological polar surface area (TPSA) is 70.8 Å². The summed E-state index contributed by atoms with van der Waals surface area (Å²) in [6.45, 7) is 7.21. The number of aryl methyl sites for hydroxylation is 1. The van der Waals surface area contributed by atoms with Crippen LogP contribution < -0.4 is 0 Å². The second-order valence-corrected chi connectivity index (χ2v) is 4.63. The zero-order valence-electron chi connectivity index (χ0n) is 11.1. The Kier molecular flexibility index (Phi) is 4.53. The summed E-state index contributed by atoms with van der Waals surface area (Å²) in [4.78, 5) is 24.4. The molecule has 0 radical (unpaired) electrons. The molecule has 0 saturated heterocycles. The fourth-order valence-electron chi connectivity index (χ4n) is 1.61. The van der Waals surface area contributed by atoms with Crippen LogP contribution in [0.25, 0.3) is 0 Å². The van der Waals surface area contributed by atoms with E-state index in [1.807, 2.05) is 26.8 Å². The molecule has 0 spiro atoms. The summed E-state index contributed by atoms with van der Waals surface area (Å²) in [5, 5.41) is 8.88. The molecule has 5 heteroatoms. The number of carboxylic acids is 1. The Hall–Kier alpha value is -1.78. The lowest BCUT2D eigenvalue weighted by Gasteiger charge is -2.27. The normalized spacial score (nSPS) is 12.5. The van der Waals surface area contributed by atoms with E-state index in [0.29, 0.717) is 12.3 Å². The molecule has 1 unspecified atom stereocenters. The highest BCUT2D eigenvalue weighted by Gasteiger charge is 2.28. The van der Waals surface area contributed by atoms with Crippen molar-refractivity contribution in [3.8, 4) is 0 Å². The average molecular weight is 253 g/mol. The van der Waals surface area contributed by atoms with Crippen molar-refractivity contribution in [2.75, 3.05) is 0 Å². The third kappa shape index (κ3) is 3.35. The van der Waals surface area contributed by atoms with Gasteiger partial charge in [-0.15, -0.1) is 0 Å². The Morgan fingerprint density at radius 3 is 2.33 bits per heavy atom. The van der Waals surface area contributed by atoms with Gasteiger partial charge in [0.15, 0.2) is 0 Å². The Balaban J connectivity index is 2.83. The first-order chi connectivity index (χ1) is 8.32. The van der Waals surface area contributed by atoms with Gasteiger partial charge in [-0.3, -0.25) is 9.59 Å². The predicted molar refractivity (Wildman–Crippen MR) is 65.9 cm³/mol. The number of hydrogen-bond acceptors (Lipinski definition) is 3. The summed E-state index contributed by atoms with van der Waals surface area (Å²) in [6.07, 6.45) is 0. The maximum atomic E-state index is 12.0. The van der Waals surface area contributed by atoms with Crippen molar-refractivity contribution in [3.05, 3.63) is 23.7 Å². The number of furan rings is 1. The third-order valence-corrected chi connectivity index (χ3v) is 2.77. The Bertz CT molecular complexity index is 436. The molecule has 1 N–H and O–H groups in total. The van der Waals surface area contributed by atoms with E-state index >= 15 is 0 Å². The number of nitrogens with zero attached hydrogens (tertiary/aromatic N) is 1. The van der Waals surface area contributed by atoms with Gasteiger partial charge in [-0.2, -0.15) is 0 Å². The van der Waals surface area contributed by atoms with Gasteiger partial charge in [-0.25, -0.2) is 0 Å². The third-order valence-electron chi connectivity index (χ3n) is 2.77. The highest BCUT2D eigenvalue weighted by Crippen LogP contribution is 2.15. The first kappa shape index (κ1) is 14.3. The molecule has 0 aromatic carbocycles. The van der Waals surface area contributed by atoms with Gasteiger partial charge in [-0.05, 0) is 39.8 Å². The highest BCUT2D eigenvalue weighted by molar-refractivity contribution is 5.96. The molecule has 100 valence electrons. The summed E-state index contributed by atoms with van der Waals surface area (Å²) >= 11 is 0. The minimum Gasteiger partial charge on any atom is -0.481 e. The second-order valence-electron chi connectivity index (χ2n) is 4.63. The summed E-state index contributed by atoms with van der Waals surface area (Å²) in [5.74, 6) is -1.11. The lowest BCUT2D eigenvalue weighted by molar-refractivity contribution is -0.151. The Morgan fingerprint density at radius 2 is 1.94 bits per heavy atom. The summed E-state index contributed by atoms with van der Waals surface area (Å²) in [7, 11) is 0. The van der Waals surface area contributed by atoms with Gasteiger partial charge >= 0.3 is 5.97 Å². The van der Waals surface area contributed by atoms with Crippen LogP contribution in [0.3, 0.4) is 0 Å². The molecule has 1 aromatic rings. The maximum Gasteiger partial charge on any atom is 0.315 e. The Morgan fingerprint density at radius 1 is 1.33 bits per heavy atom. The molecule has 0 saturated carbocycles. The number of amides is 1. The molecule has 0 aliphatic rings. The van der Waals surface area contributed by atoms with E-state index in [4.69, 9.17) is 9.52 Å². The molecular formula is C13H19NO4. The molecule has 1 heterocycles. The van der Waals surface area contributed by atoms with Crippen molar-refractivity contribution in [1.29, 1.82) is 0 Å². The van der Waals surface area contributed by atoms with Gasteiger partial charge in [0.05, 0.1) is 6.54 Å². The maximum absolute atomic E-state index is 12.0. The van der Waals surface area contributed by atoms with Gasteiger partial charge in [0, 0.05) is 6.04 Å². The van der Waals surface area contributed by atoms with E-state index in [0.717, 1.165) is 5.76 Å². The quantitative estimate of drug-likeness (QED) is 0.815. The van der Waals surface area contributed by atoms with E-state index in [1.54, 1.807) is 6.07 Å². The molecule has 0 bridgehead atoms. The second kappa shape index (κ2) is 5.71. The Labute approximate surface area is 106 Å². The van der Waals surface area contributed by atoms with Crippen molar-refractivity contribution in [2.24, 2.45) is 5.92 Å². The fourth-order valence-corrected chi connectivity index (χ4v) is 1.61. The summed E-state index contributed by atoms with van der Waals surface area (Å²) < 4.78 is 5.41. The number of carboxylic acid groups (broad SMARTS) is 1. The molecule has 5 nitrogen and oxygen atoms in total. The van der Waals surface area contributed by atoms with Gasteiger partial charge in [0.1, 0.15) is 17.4 Å². The first-order valence-corrected chi connectivity index (χ1v) is 5.91. The SMILES string of the molecule is Cc1ccc(CN(C(=O)C(C)C(=O)O)C(C)C)o1. The predicted octanol–water partition coefficient (Wildman–Crippen LogP) is 2.05. The van der Waals surface area contributed by atoms with Gasteiger partial charge in [0.25, 0.3) is 0 Å². The smallest absolute Gasteiger partial charge is 0.315 e. The molecule has 0 aliphatic carbocycles. The standard InChI is InChI=1S/C13H19NO4/c1-8(2)14(12(15)10(4)13(16)17)7-11-6-5-9(3)18-11/h5-6,8,10H,7H2,1-4H3,(H,16,17). The molecule has 0 fully saturated rings. The zero-order valence-corrected chi connectivity index (χ0v) is 11.1. The number of rotatable bonds is 5.